The van der Waals surface area contributed by atoms with Crippen molar-refractivity contribution in [3.05, 3.63) is 0 Å². The van der Waals surface area contributed by atoms with E-state index in [1.165, 1.54) is 0 Å². The van der Waals surface area contributed by atoms with Crippen LogP contribution in [-0.2, 0) is 80.6 Å². The summed E-state index contributed by atoms with van der Waals surface area (Å²) in [6.45, 7) is -9.88. The van der Waals surface area contributed by atoms with Gasteiger partial charge in [-0.25, -0.2) is 9.59 Å². The molecule has 33 N–H and O–H groups in total. The molecule has 0 spiro atoms. The fourth-order valence-electron chi connectivity index (χ4n) is 12.9. The monoisotopic (exact) mass is 1520 g/mol. The molecule has 48 nitrogen and oxygen atoms in total. The fraction of sp³-hybridized carbons (Fsp3) is 0.964. The van der Waals surface area contributed by atoms with E-state index in [1.54, 1.807) is 0 Å². The van der Waals surface area contributed by atoms with Crippen molar-refractivity contribution in [1.82, 2.24) is 0 Å². The van der Waals surface area contributed by atoms with E-state index in [2.05, 4.69) is 0 Å². The molecule has 0 amide bonds. The molecule has 8 heterocycles. The number of aliphatic hydroxyl groups is 27. The second-order valence-electron chi connectivity index (χ2n) is 26.0. The van der Waals surface area contributed by atoms with Gasteiger partial charge >= 0.3 is 11.9 Å². The van der Waals surface area contributed by atoms with Gasteiger partial charge in [0.25, 0.3) is 11.6 Å². The third-order valence-corrected chi connectivity index (χ3v) is 19.0. The maximum absolute atomic E-state index is 13.9. The average Bonchev–Trinajstić information content (AvgIpc) is 0.743. The summed E-state index contributed by atoms with van der Waals surface area (Å²) >= 11 is 0. The van der Waals surface area contributed by atoms with Crippen molar-refractivity contribution in [3.63, 3.8) is 0 Å². The van der Waals surface area contributed by atoms with Crippen LogP contribution in [0.1, 0.15) is 12.8 Å². The Morgan fingerprint density at radius 1 is 0.388 bits per heavy atom. The third-order valence-electron chi connectivity index (χ3n) is 19.0. The van der Waals surface area contributed by atoms with Gasteiger partial charge < -0.3 is 231 Å². The van der Waals surface area contributed by atoms with E-state index >= 15 is 0 Å². The van der Waals surface area contributed by atoms with Crippen LogP contribution in [0, 0.1) is 0 Å². The lowest BCUT2D eigenvalue weighted by Crippen LogP contribution is -2.71. The van der Waals surface area contributed by atoms with Gasteiger partial charge in [-0.2, -0.15) is 0 Å². The van der Waals surface area contributed by atoms with Crippen LogP contribution >= 0.6 is 0 Å². The fourth-order valence-corrected chi connectivity index (χ4v) is 12.9. The highest BCUT2D eigenvalue weighted by atomic mass is 16.8. The Hall–Kier alpha value is -2.82. The highest BCUT2D eigenvalue weighted by Crippen LogP contribution is 2.44. The van der Waals surface area contributed by atoms with Crippen molar-refractivity contribution in [2.24, 2.45) is 11.5 Å². The standard InChI is InChI=1S/C55H94N2O46/c56-21-27(73)25(71)19(92-46(21)84)9-90-47-22(57)28(74)26(72)20(94-47)10-91-54(52(85)86)2-17(101-55(53(87)88)1-11(63)23(69)40(102-55)13(65)4-59)43(42(103-54)15(67)6-61)98-51-37(83)44(45(41(97-51)14(66)5-60)100-49-35(81)29(75)24(70)18(7-62)93-49)99-50-36(82)31(77)33(79)39(96-50)16(68)8-89-48-34(80)30(76)32(78)38(95-48)12(64)3-58/h11-51,58-84H,1-10,56-57H2,(H,85,86)(H,87,88)/t11-,12+,13-,14+,15-,16+,17-,18-,19-,20-,21-,22-,23-,24-,25-,26-,27-,28-,29+,30+,31+,32+,33+,34+,35-,36+,37+,38-,39-,40-,41-,42-,43-,44-,45-,46+,47-,48+,49+,50-,51-,54-,55-/m1/s1. The molecular formula is C55H94N2O46. The van der Waals surface area contributed by atoms with Gasteiger partial charge in [0.05, 0.1) is 77.1 Å². The van der Waals surface area contributed by atoms with E-state index in [0.29, 0.717) is 0 Å². The molecule has 8 aliphatic rings. The first-order chi connectivity index (χ1) is 48.4. The van der Waals surface area contributed by atoms with Crippen LogP contribution in [0.2, 0.25) is 0 Å². The molecule has 8 aliphatic heterocycles. The van der Waals surface area contributed by atoms with Gasteiger partial charge in [0.15, 0.2) is 37.7 Å². The highest BCUT2D eigenvalue weighted by Gasteiger charge is 2.65. The molecule has 0 unspecified atom stereocenters. The lowest BCUT2D eigenvalue weighted by Gasteiger charge is -2.53. The van der Waals surface area contributed by atoms with E-state index in [1.807, 2.05) is 0 Å². The van der Waals surface area contributed by atoms with Crippen LogP contribution in [0.25, 0.3) is 0 Å². The minimum absolute atomic E-state index is 0.814. The van der Waals surface area contributed by atoms with Gasteiger partial charge in [-0.1, -0.05) is 0 Å². The Bertz CT molecular complexity index is 2660. The molecule has 600 valence electrons. The van der Waals surface area contributed by atoms with Crippen LogP contribution in [0.5, 0.6) is 0 Å². The quantitative estimate of drug-likeness (QED) is 0.0331. The lowest BCUT2D eigenvalue weighted by molar-refractivity contribution is -0.416. The van der Waals surface area contributed by atoms with E-state index in [0.717, 1.165) is 0 Å². The summed E-state index contributed by atoms with van der Waals surface area (Å²) in [5.41, 5.74) is 11.7. The summed E-state index contributed by atoms with van der Waals surface area (Å²) in [5.74, 6) is -11.7. The van der Waals surface area contributed by atoms with E-state index in [9.17, 15) is 158 Å². The molecule has 0 radical (unpaired) electrons. The Kier molecular flexibility index (Phi) is 29.9. The van der Waals surface area contributed by atoms with Crippen molar-refractivity contribution in [2.45, 2.75) is 276 Å². The van der Waals surface area contributed by atoms with Gasteiger partial charge in [0.2, 0.25) is 0 Å². The predicted molar refractivity (Wildman–Crippen MR) is 309 cm³/mol. The van der Waals surface area contributed by atoms with Crippen molar-refractivity contribution in [2.75, 3.05) is 52.9 Å². The number of carboxylic acids is 2. The molecule has 0 aliphatic carbocycles. The average molecular weight is 1520 g/mol. The van der Waals surface area contributed by atoms with Crippen LogP contribution in [-0.4, -0.2) is 476 Å². The molecule has 8 rings (SSSR count). The first-order valence-corrected chi connectivity index (χ1v) is 32.2. The Morgan fingerprint density at radius 3 is 1.40 bits per heavy atom. The van der Waals surface area contributed by atoms with Crippen molar-refractivity contribution >= 4 is 11.9 Å². The first-order valence-electron chi connectivity index (χ1n) is 32.2. The summed E-state index contributed by atoms with van der Waals surface area (Å²) in [5, 5.41) is 315. The number of aliphatic hydroxyl groups excluding tert-OH is 27. The van der Waals surface area contributed by atoms with Gasteiger partial charge in [-0.05, 0) is 0 Å². The zero-order valence-corrected chi connectivity index (χ0v) is 53.8. The summed E-state index contributed by atoms with van der Waals surface area (Å²) < 4.78 is 85.9. The molecule has 103 heavy (non-hydrogen) atoms. The molecule has 48 heteroatoms. The maximum Gasteiger partial charge on any atom is 0.364 e. The number of rotatable bonds is 29. The minimum Gasteiger partial charge on any atom is -0.477 e. The maximum atomic E-state index is 13.9. The van der Waals surface area contributed by atoms with Crippen LogP contribution < -0.4 is 11.5 Å². The number of carboxylic acid groups (broad SMARTS) is 2. The Balaban J connectivity index is 1.18. The normalized spacial score (nSPS) is 49.4. The predicted octanol–water partition coefficient (Wildman–Crippen LogP) is -20.7. The smallest absolute Gasteiger partial charge is 0.364 e. The summed E-state index contributed by atoms with van der Waals surface area (Å²) in [6, 6.07) is -3.23. The zero-order valence-electron chi connectivity index (χ0n) is 53.8. The lowest BCUT2D eigenvalue weighted by atomic mass is 9.89. The number of ether oxygens (including phenoxy) is 15. The zero-order chi connectivity index (χ0) is 76.5. The summed E-state index contributed by atoms with van der Waals surface area (Å²) in [4.78, 5) is 27.6. The second-order valence-corrected chi connectivity index (χ2v) is 26.0. The first kappa shape index (κ1) is 85.8. The molecule has 8 saturated heterocycles. The molecular weight excluding hydrogens is 1420 g/mol. The summed E-state index contributed by atoms with van der Waals surface area (Å²) in [6.07, 6.45) is -91.8. The van der Waals surface area contributed by atoms with Gasteiger partial charge in [0.1, 0.15) is 189 Å². The summed E-state index contributed by atoms with van der Waals surface area (Å²) in [7, 11) is 0. The van der Waals surface area contributed by atoms with Gasteiger partial charge in [0, 0.05) is 12.8 Å². The van der Waals surface area contributed by atoms with Gasteiger partial charge in [-0.3, -0.25) is 0 Å². The third kappa shape index (κ3) is 18.0. The number of hydrogen-bond donors (Lipinski definition) is 31. The van der Waals surface area contributed by atoms with E-state index in [-0.39, 0.29) is 0 Å². The van der Waals surface area contributed by atoms with E-state index in [4.69, 9.17) is 82.5 Å². The number of hydrogen-bond acceptors (Lipinski definition) is 46. The number of carbonyl (C=O) groups is 2. The molecule has 0 aromatic carbocycles. The highest BCUT2D eigenvalue weighted by molar-refractivity contribution is 5.77. The molecule has 0 aromatic heterocycles. The minimum atomic E-state index is -3.55. The molecule has 0 saturated carbocycles. The molecule has 0 bridgehead atoms. The number of aliphatic carboxylic acids is 2. The van der Waals surface area contributed by atoms with Crippen LogP contribution in [0.15, 0.2) is 0 Å². The second kappa shape index (κ2) is 35.9. The number of nitrogens with two attached hydrogens (primary N) is 2. The topological polar surface area (TPSA) is 811 Å². The largest absolute Gasteiger partial charge is 0.477 e. The molecule has 8 fully saturated rings. The van der Waals surface area contributed by atoms with Gasteiger partial charge in [-0.15, -0.1) is 0 Å². The molecule has 0 aromatic rings. The van der Waals surface area contributed by atoms with E-state index < -0.39 is 340 Å². The Labute approximate surface area is 579 Å². The van der Waals surface area contributed by atoms with Crippen molar-refractivity contribution < 1.29 is 229 Å². The van der Waals surface area contributed by atoms with Crippen LogP contribution in [0.3, 0.4) is 0 Å². The SMILES string of the molecule is N[C@@H]1[C@@H](O)[C@H](O)[C@@H](CO[C@@H]2O[C@H](CO[C@]3(C(=O)O)C[C@@H](O[C@]4(C(=O)O)C[C@@H](O)[C@@H](O)[C@@H]([C@H](O)CO)O4)[C@@H](O[C@H]4O[C@H]([C@@H](O)CO)[C@@H](O[C@@H]5O[C@H](CO)[C@@H](O)[C@H](O)[C@H]5O)[C@H](O[C@H]5O[C@H]([C@@H](O)CO[C@H]6O[C@H]([C@@H](O)CO)[C@@H](O)[C@H](O)[C@@H]6O)[C@@H](O)[C@H](O)[C@@H]5O)[C@@H]4O)[C@@H]([C@H](O)CO)O3)[C@@H](O)[C@H](O)[C@H]2N)O[C@@H]1O. The van der Waals surface area contributed by atoms with Crippen molar-refractivity contribution in [1.29, 1.82) is 0 Å². The molecule has 43 atom stereocenters. The van der Waals surface area contributed by atoms with Crippen LogP contribution in [0.4, 0.5) is 0 Å². The Morgan fingerprint density at radius 2 is 0.825 bits per heavy atom. The van der Waals surface area contributed by atoms with Crippen molar-refractivity contribution in [3.8, 4) is 0 Å².